The van der Waals surface area contributed by atoms with Crippen LogP contribution >= 0.6 is 11.3 Å². The summed E-state index contributed by atoms with van der Waals surface area (Å²) in [6.45, 7) is 2.03. The van der Waals surface area contributed by atoms with Crippen LogP contribution in [0.15, 0.2) is 17.5 Å². The number of Topliss-reactive ketones (excluding diaryl/α,β-unsaturated/α-hetero) is 1. The van der Waals surface area contributed by atoms with Crippen molar-refractivity contribution in [1.29, 1.82) is 0 Å². The topological polar surface area (TPSA) is 46.2 Å². The van der Waals surface area contributed by atoms with Crippen molar-refractivity contribution < 1.29 is 9.59 Å². The molecule has 2 aliphatic carbocycles. The molecule has 4 heteroatoms. The minimum absolute atomic E-state index is 0.0328. The Balaban J connectivity index is 1.62. The van der Waals surface area contributed by atoms with Crippen molar-refractivity contribution in [2.45, 2.75) is 45.1 Å². The van der Waals surface area contributed by atoms with Crippen LogP contribution in [0.1, 0.15) is 49.9 Å². The SMILES string of the molecule is C[C@H](NC(=O)C1C[C@H]2CCC[C@@H](C1)C2=O)c1cccs1. The van der Waals surface area contributed by atoms with Crippen LogP contribution in [0.25, 0.3) is 0 Å². The number of carbonyl (C=O) groups excluding carboxylic acids is 2. The highest BCUT2D eigenvalue weighted by Crippen LogP contribution is 2.40. The van der Waals surface area contributed by atoms with Gasteiger partial charge in [-0.2, -0.15) is 0 Å². The summed E-state index contributed by atoms with van der Waals surface area (Å²) in [6.07, 6.45) is 4.65. The summed E-state index contributed by atoms with van der Waals surface area (Å²) in [7, 11) is 0. The molecule has 2 aliphatic rings. The number of ketones is 1. The third-order valence-corrected chi connectivity index (χ3v) is 5.80. The van der Waals surface area contributed by atoms with Crippen LogP contribution in [0, 0.1) is 17.8 Å². The second-order valence-electron chi connectivity index (χ2n) is 6.14. The van der Waals surface area contributed by atoms with Gasteiger partial charge in [-0.1, -0.05) is 12.5 Å². The monoisotopic (exact) mass is 291 g/mol. The first kappa shape index (κ1) is 13.8. The lowest BCUT2D eigenvalue weighted by Crippen LogP contribution is -2.43. The van der Waals surface area contributed by atoms with Crippen LogP contribution in [0.5, 0.6) is 0 Å². The van der Waals surface area contributed by atoms with E-state index in [1.807, 2.05) is 18.4 Å². The number of carbonyl (C=O) groups is 2. The number of hydrogen-bond donors (Lipinski definition) is 1. The smallest absolute Gasteiger partial charge is 0.223 e. The van der Waals surface area contributed by atoms with Crippen molar-refractivity contribution in [3.8, 4) is 0 Å². The molecule has 0 saturated heterocycles. The van der Waals surface area contributed by atoms with Crippen molar-refractivity contribution in [2.24, 2.45) is 17.8 Å². The molecule has 2 bridgehead atoms. The van der Waals surface area contributed by atoms with Crippen molar-refractivity contribution in [3.05, 3.63) is 22.4 Å². The Morgan fingerprint density at radius 3 is 2.65 bits per heavy atom. The fourth-order valence-electron chi connectivity index (χ4n) is 3.63. The first-order valence-corrected chi connectivity index (χ1v) is 8.40. The zero-order valence-electron chi connectivity index (χ0n) is 11.8. The van der Waals surface area contributed by atoms with E-state index in [2.05, 4.69) is 11.4 Å². The van der Waals surface area contributed by atoms with E-state index >= 15 is 0 Å². The molecular formula is C16H21NO2S. The molecule has 0 spiro atoms. The Kier molecular flexibility index (Phi) is 3.92. The zero-order chi connectivity index (χ0) is 14.1. The van der Waals surface area contributed by atoms with Crippen LogP contribution in [0.2, 0.25) is 0 Å². The predicted molar refractivity (Wildman–Crippen MR) is 79.4 cm³/mol. The highest BCUT2D eigenvalue weighted by Gasteiger charge is 2.41. The average Bonchev–Trinajstić information content (AvgIpc) is 2.92. The average molecular weight is 291 g/mol. The molecule has 1 aromatic heterocycles. The van der Waals surface area contributed by atoms with Gasteiger partial charge in [0.25, 0.3) is 0 Å². The van der Waals surface area contributed by atoms with Crippen molar-refractivity contribution in [1.82, 2.24) is 5.32 Å². The second-order valence-corrected chi connectivity index (χ2v) is 7.12. The lowest BCUT2D eigenvalue weighted by molar-refractivity contribution is -0.137. The lowest BCUT2D eigenvalue weighted by Gasteiger charge is -2.37. The van der Waals surface area contributed by atoms with E-state index < -0.39 is 0 Å². The normalized spacial score (nSPS) is 30.9. The first-order valence-electron chi connectivity index (χ1n) is 7.52. The van der Waals surface area contributed by atoms with Gasteiger partial charge in [-0.05, 0) is 44.1 Å². The van der Waals surface area contributed by atoms with Crippen molar-refractivity contribution >= 4 is 23.0 Å². The first-order chi connectivity index (χ1) is 9.65. The Morgan fingerprint density at radius 1 is 1.35 bits per heavy atom. The Morgan fingerprint density at radius 2 is 2.05 bits per heavy atom. The fourth-order valence-corrected chi connectivity index (χ4v) is 4.37. The molecule has 0 radical (unpaired) electrons. The molecular weight excluding hydrogens is 270 g/mol. The van der Waals surface area contributed by atoms with Crippen molar-refractivity contribution in [2.75, 3.05) is 0 Å². The molecule has 1 N–H and O–H groups in total. The van der Waals surface area contributed by atoms with Crippen LogP contribution in [0.4, 0.5) is 0 Å². The largest absolute Gasteiger partial charge is 0.349 e. The maximum atomic E-state index is 12.4. The summed E-state index contributed by atoms with van der Waals surface area (Å²) < 4.78 is 0. The Hall–Kier alpha value is -1.16. The third kappa shape index (κ3) is 2.66. The molecule has 0 aromatic carbocycles. The Labute approximate surface area is 123 Å². The Bertz CT molecular complexity index is 481. The molecule has 4 atom stereocenters. The summed E-state index contributed by atoms with van der Waals surface area (Å²) in [5.74, 6) is 0.887. The standard InChI is InChI=1S/C16H21NO2S/c1-10(14-6-3-7-20-14)17-16(19)13-8-11-4-2-5-12(9-13)15(11)18/h3,6-7,10-13H,2,4-5,8-9H2,1H3,(H,17,19)/t10-,11-,12+,13?/m0/s1. The van der Waals surface area contributed by atoms with Gasteiger partial charge in [0, 0.05) is 22.6 Å². The van der Waals surface area contributed by atoms with Gasteiger partial charge in [-0.25, -0.2) is 0 Å². The van der Waals surface area contributed by atoms with E-state index in [0.29, 0.717) is 5.78 Å². The van der Waals surface area contributed by atoms with Gasteiger partial charge in [-0.3, -0.25) is 9.59 Å². The fraction of sp³-hybridized carbons (Fsp3) is 0.625. The van der Waals surface area contributed by atoms with Crippen LogP contribution < -0.4 is 5.32 Å². The minimum Gasteiger partial charge on any atom is -0.349 e. The quantitative estimate of drug-likeness (QED) is 0.928. The molecule has 1 unspecified atom stereocenters. The van der Waals surface area contributed by atoms with Crippen molar-refractivity contribution in [3.63, 3.8) is 0 Å². The molecule has 2 saturated carbocycles. The maximum absolute atomic E-state index is 12.4. The van der Waals surface area contributed by atoms with E-state index in [1.165, 1.54) is 4.88 Å². The van der Waals surface area contributed by atoms with E-state index in [9.17, 15) is 9.59 Å². The predicted octanol–water partition coefficient (Wildman–Crippen LogP) is 3.32. The number of fused-ring (bicyclic) bond motifs is 2. The highest BCUT2D eigenvalue weighted by atomic mass is 32.1. The van der Waals surface area contributed by atoms with Crippen LogP contribution in [-0.4, -0.2) is 11.7 Å². The van der Waals surface area contributed by atoms with Gasteiger partial charge in [0.15, 0.2) is 0 Å². The highest BCUT2D eigenvalue weighted by molar-refractivity contribution is 7.10. The summed E-state index contributed by atoms with van der Waals surface area (Å²) in [6, 6.07) is 4.13. The van der Waals surface area contributed by atoms with Crippen LogP contribution in [0.3, 0.4) is 0 Å². The number of rotatable bonds is 3. The molecule has 20 heavy (non-hydrogen) atoms. The van der Waals surface area contributed by atoms with Gasteiger partial charge >= 0.3 is 0 Å². The molecule has 0 aliphatic heterocycles. The molecule has 1 aromatic rings. The summed E-state index contributed by atoms with van der Waals surface area (Å²) in [5, 5.41) is 5.15. The van der Waals surface area contributed by atoms with E-state index in [1.54, 1.807) is 11.3 Å². The van der Waals surface area contributed by atoms with Gasteiger partial charge < -0.3 is 5.32 Å². The molecule has 108 valence electrons. The molecule has 1 amide bonds. The van der Waals surface area contributed by atoms with Gasteiger partial charge in [0.05, 0.1) is 6.04 Å². The summed E-state index contributed by atoms with van der Waals surface area (Å²) >= 11 is 1.67. The number of thiophene rings is 1. The third-order valence-electron chi connectivity index (χ3n) is 4.75. The summed E-state index contributed by atoms with van der Waals surface area (Å²) in [5.41, 5.74) is 0. The lowest BCUT2D eigenvalue weighted by atomic mass is 9.67. The zero-order valence-corrected chi connectivity index (χ0v) is 12.6. The van der Waals surface area contributed by atoms with Gasteiger partial charge in [-0.15, -0.1) is 11.3 Å². The second kappa shape index (κ2) is 5.68. The molecule has 1 heterocycles. The number of hydrogen-bond acceptors (Lipinski definition) is 3. The minimum atomic E-state index is 0.0328. The number of amides is 1. The number of nitrogens with one attached hydrogen (secondary N) is 1. The van der Waals surface area contributed by atoms with Gasteiger partial charge in [0.2, 0.25) is 5.91 Å². The molecule has 3 nitrogen and oxygen atoms in total. The molecule has 2 fully saturated rings. The van der Waals surface area contributed by atoms with E-state index in [4.69, 9.17) is 0 Å². The van der Waals surface area contributed by atoms with E-state index in [-0.39, 0.29) is 29.7 Å². The van der Waals surface area contributed by atoms with E-state index in [0.717, 1.165) is 32.1 Å². The summed E-state index contributed by atoms with van der Waals surface area (Å²) in [4.78, 5) is 25.7. The molecule has 3 rings (SSSR count). The van der Waals surface area contributed by atoms with Gasteiger partial charge in [0.1, 0.15) is 5.78 Å². The van der Waals surface area contributed by atoms with Crippen LogP contribution in [-0.2, 0) is 9.59 Å². The maximum Gasteiger partial charge on any atom is 0.223 e.